The summed E-state index contributed by atoms with van der Waals surface area (Å²) < 4.78 is 16.8. The molecule has 0 N–H and O–H groups in total. The van der Waals surface area contributed by atoms with Crippen molar-refractivity contribution < 1.29 is 28.6 Å². The maximum Gasteiger partial charge on any atom is 0.306 e. The number of hydrogen-bond acceptors (Lipinski definition) is 6. The molecule has 0 aliphatic heterocycles. The van der Waals surface area contributed by atoms with E-state index >= 15 is 0 Å². The summed E-state index contributed by atoms with van der Waals surface area (Å²) in [4.78, 5) is 38.1. The Balaban J connectivity index is 4.45. The fraction of sp³-hybridized carbons (Fsp3) is 0.780. The van der Waals surface area contributed by atoms with Gasteiger partial charge in [-0.25, -0.2) is 0 Å². The smallest absolute Gasteiger partial charge is 0.306 e. The van der Waals surface area contributed by atoms with Gasteiger partial charge in [-0.1, -0.05) is 236 Å². The first kappa shape index (κ1) is 62.1. The van der Waals surface area contributed by atoms with Crippen LogP contribution in [0.3, 0.4) is 0 Å². The van der Waals surface area contributed by atoms with Gasteiger partial charge in [-0.05, 0) is 83.5 Å². The zero-order valence-electron chi connectivity index (χ0n) is 43.0. The number of unbranched alkanes of at least 4 members (excludes halogenated alkanes) is 29. The molecule has 0 saturated heterocycles. The molecule has 1 atom stereocenters. The molecule has 0 bridgehead atoms. The van der Waals surface area contributed by atoms with Crippen molar-refractivity contribution in [3.8, 4) is 0 Å². The number of carbonyl (C=O) groups excluding carboxylic acids is 3. The molecule has 0 radical (unpaired) electrons. The van der Waals surface area contributed by atoms with Gasteiger partial charge in [0.1, 0.15) is 13.2 Å². The molecule has 65 heavy (non-hydrogen) atoms. The van der Waals surface area contributed by atoms with Crippen LogP contribution in [0, 0.1) is 0 Å². The molecule has 0 heterocycles. The Kier molecular flexibility index (Phi) is 51.3. The summed E-state index contributed by atoms with van der Waals surface area (Å²) in [7, 11) is 0. The standard InChI is InChI=1S/C59H104O6/c1-4-7-10-13-16-19-22-25-28-30-32-34-37-40-43-46-49-52-58(61)64-55-56(54-63-57(60)51-48-45-42-39-36-33-27-24-21-18-15-12-9-6-3)65-59(62)53-50-47-44-41-38-35-31-29-26-23-20-17-14-11-8-5-2/h16,19,24-25,27-28,32,34,40,43,56H,4-15,17-18,20-23,26,29-31,33,35-39,41-42,44-55H2,1-3H3/b19-16-,27-24-,28-25-,34-32-,43-40-/t56-/m1/s1. The van der Waals surface area contributed by atoms with Crippen molar-refractivity contribution >= 4 is 17.9 Å². The van der Waals surface area contributed by atoms with E-state index in [4.69, 9.17) is 14.2 Å². The van der Waals surface area contributed by atoms with Crippen LogP contribution in [0.1, 0.15) is 278 Å². The van der Waals surface area contributed by atoms with E-state index in [1.54, 1.807) is 0 Å². The summed E-state index contributed by atoms with van der Waals surface area (Å²) in [5, 5.41) is 0. The van der Waals surface area contributed by atoms with Crippen LogP contribution in [0.25, 0.3) is 0 Å². The van der Waals surface area contributed by atoms with Gasteiger partial charge in [-0.3, -0.25) is 14.4 Å². The Hall–Kier alpha value is -2.89. The molecular formula is C59H104O6. The van der Waals surface area contributed by atoms with Crippen molar-refractivity contribution in [3.63, 3.8) is 0 Å². The second-order valence-electron chi connectivity index (χ2n) is 18.5. The lowest BCUT2D eigenvalue weighted by atomic mass is 10.0. The van der Waals surface area contributed by atoms with E-state index in [1.165, 1.54) is 161 Å². The predicted octanol–water partition coefficient (Wildman–Crippen LogP) is 18.4. The second kappa shape index (κ2) is 53.7. The van der Waals surface area contributed by atoms with Crippen LogP contribution in [-0.2, 0) is 28.6 Å². The van der Waals surface area contributed by atoms with Crippen LogP contribution in [0.5, 0.6) is 0 Å². The highest BCUT2D eigenvalue weighted by atomic mass is 16.6. The monoisotopic (exact) mass is 909 g/mol. The SMILES string of the molecule is CCCCC/C=C\C/C=C\C/C=C\C/C=C\CCCC(=O)OC[C@@H](COC(=O)CCCCCCC/C=C\CCCCCCC)OC(=O)CCCCCCCCCCCCCCCCCC. The van der Waals surface area contributed by atoms with Crippen LogP contribution in [0.4, 0.5) is 0 Å². The lowest BCUT2D eigenvalue weighted by Gasteiger charge is -2.18. The number of esters is 3. The minimum Gasteiger partial charge on any atom is -0.462 e. The third-order valence-electron chi connectivity index (χ3n) is 12.0. The highest BCUT2D eigenvalue weighted by molar-refractivity contribution is 5.71. The highest BCUT2D eigenvalue weighted by Gasteiger charge is 2.19. The Morgan fingerprint density at radius 1 is 0.308 bits per heavy atom. The molecule has 0 amide bonds. The van der Waals surface area contributed by atoms with Crippen molar-refractivity contribution in [2.75, 3.05) is 13.2 Å². The first-order chi connectivity index (χ1) is 32.0. The molecule has 0 saturated carbocycles. The molecule has 0 aromatic heterocycles. The van der Waals surface area contributed by atoms with Crippen LogP contribution in [0.15, 0.2) is 60.8 Å². The van der Waals surface area contributed by atoms with Gasteiger partial charge in [-0.15, -0.1) is 0 Å². The van der Waals surface area contributed by atoms with Gasteiger partial charge in [0, 0.05) is 19.3 Å². The van der Waals surface area contributed by atoms with E-state index < -0.39 is 6.10 Å². The predicted molar refractivity (Wildman–Crippen MR) is 279 cm³/mol. The molecular weight excluding hydrogens is 805 g/mol. The minimum atomic E-state index is -0.797. The fourth-order valence-corrected chi connectivity index (χ4v) is 7.78. The molecule has 0 rings (SSSR count). The maximum absolute atomic E-state index is 12.8. The Bertz CT molecular complexity index is 1180. The largest absolute Gasteiger partial charge is 0.462 e. The van der Waals surface area contributed by atoms with E-state index in [0.717, 1.165) is 70.6 Å². The number of carbonyl (C=O) groups is 3. The van der Waals surface area contributed by atoms with Crippen LogP contribution >= 0.6 is 0 Å². The topological polar surface area (TPSA) is 78.9 Å². The minimum absolute atomic E-state index is 0.0933. The van der Waals surface area contributed by atoms with E-state index in [1.807, 2.05) is 0 Å². The Morgan fingerprint density at radius 3 is 0.969 bits per heavy atom. The van der Waals surface area contributed by atoms with Gasteiger partial charge >= 0.3 is 17.9 Å². The number of ether oxygens (including phenoxy) is 3. The average Bonchev–Trinajstić information content (AvgIpc) is 3.30. The van der Waals surface area contributed by atoms with Gasteiger partial charge in [0.25, 0.3) is 0 Å². The van der Waals surface area contributed by atoms with Crippen LogP contribution < -0.4 is 0 Å². The van der Waals surface area contributed by atoms with E-state index in [9.17, 15) is 14.4 Å². The number of allylic oxidation sites excluding steroid dienone is 10. The zero-order valence-corrected chi connectivity index (χ0v) is 43.0. The second-order valence-corrected chi connectivity index (χ2v) is 18.5. The third kappa shape index (κ3) is 51.9. The van der Waals surface area contributed by atoms with Gasteiger partial charge in [0.2, 0.25) is 0 Å². The molecule has 0 spiro atoms. The summed E-state index contributed by atoms with van der Waals surface area (Å²) in [5.41, 5.74) is 0. The first-order valence-corrected chi connectivity index (χ1v) is 27.8. The fourth-order valence-electron chi connectivity index (χ4n) is 7.78. The summed E-state index contributed by atoms with van der Waals surface area (Å²) in [5.74, 6) is -0.949. The first-order valence-electron chi connectivity index (χ1n) is 27.8. The lowest BCUT2D eigenvalue weighted by molar-refractivity contribution is -0.167. The van der Waals surface area contributed by atoms with Gasteiger partial charge < -0.3 is 14.2 Å². The highest BCUT2D eigenvalue weighted by Crippen LogP contribution is 2.15. The van der Waals surface area contributed by atoms with E-state index in [2.05, 4.69) is 81.5 Å². The average molecular weight is 909 g/mol. The van der Waals surface area contributed by atoms with Gasteiger partial charge in [0.05, 0.1) is 0 Å². The molecule has 0 unspecified atom stereocenters. The summed E-state index contributed by atoms with van der Waals surface area (Å²) in [6.07, 6.45) is 66.4. The van der Waals surface area contributed by atoms with Crippen molar-refractivity contribution in [3.05, 3.63) is 60.8 Å². The zero-order chi connectivity index (χ0) is 47.2. The quantitative estimate of drug-likeness (QED) is 0.0262. The Morgan fingerprint density at radius 2 is 0.569 bits per heavy atom. The molecule has 0 fully saturated rings. The van der Waals surface area contributed by atoms with Crippen molar-refractivity contribution in [2.24, 2.45) is 0 Å². The van der Waals surface area contributed by atoms with Crippen molar-refractivity contribution in [2.45, 2.75) is 284 Å². The van der Waals surface area contributed by atoms with Crippen molar-refractivity contribution in [1.82, 2.24) is 0 Å². The van der Waals surface area contributed by atoms with Gasteiger partial charge in [-0.2, -0.15) is 0 Å². The van der Waals surface area contributed by atoms with Crippen LogP contribution in [0.2, 0.25) is 0 Å². The molecule has 6 nitrogen and oxygen atoms in total. The summed E-state index contributed by atoms with van der Waals surface area (Å²) >= 11 is 0. The van der Waals surface area contributed by atoms with Crippen LogP contribution in [-0.4, -0.2) is 37.2 Å². The Labute approximate surface area is 402 Å². The molecule has 6 heteroatoms. The number of hydrogen-bond donors (Lipinski definition) is 0. The third-order valence-corrected chi connectivity index (χ3v) is 12.0. The summed E-state index contributed by atoms with van der Waals surface area (Å²) in [6.45, 7) is 6.57. The molecule has 0 aromatic carbocycles. The normalized spacial score (nSPS) is 12.5. The summed E-state index contributed by atoms with van der Waals surface area (Å²) in [6, 6.07) is 0. The van der Waals surface area contributed by atoms with E-state index in [0.29, 0.717) is 19.3 Å². The maximum atomic E-state index is 12.8. The van der Waals surface area contributed by atoms with Gasteiger partial charge in [0.15, 0.2) is 6.10 Å². The molecule has 0 aliphatic rings. The van der Waals surface area contributed by atoms with Crippen molar-refractivity contribution in [1.29, 1.82) is 0 Å². The molecule has 0 aliphatic carbocycles. The van der Waals surface area contributed by atoms with E-state index in [-0.39, 0.29) is 37.5 Å². The number of rotatable bonds is 50. The molecule has 0 aromatic rings. The molecule has 376 valence electrons. The lowest BCUT2D eigenvalue weighted by Crippen LogP contribution is -2.30.